The molecular formula is C24H29N3O6S. The number of sulfonamides is 1. The highest BCUT2D eigenvalue weighted by atomic mass is 32.2. The molecule has 0 bridgehead atoms. The maximum absolute atomic E-state index is 13.2. The van der Waals surface area contributed by atoms with Gasteiger partial charge >= 0.3 is 0 Å². The molecule has 1 N–H and O–H groups in total. The number of piperidine rings is 1. The second-order valence-corrected chi connectivity index (χ2v) is 10.4. The predicted octanol–water partition coefficient (Wildman–Crippen LogP) is 2.79. The summed E-state index contributed by atoms with van der Waals surface area (Å²) in [6, 6.07) is 8.94. The predicted molar refractivity (Wildman–Crippen MR) is 128 cm³/mol. The van der Waals surface area contributed by atoms with E-state index in [1.807, 2.05) is 0 Å². The molecule has 9 nitrogen and oxygen atoms in total. The van der Waals surface area contributed by atoms with Crippen LogP contribution in [0, 0.1) is 0 Å². The van der Waals surface area contributed by atoms with Crippen molar-refractivity contribution in [2.75, 3.05) is 37.5 Å². The van der Waals surface area contributed by atoms with E-state index in [-0.39, 0.29) is 23.1 Å². The molecule has 0 aliphatic carbocycles. The van der Waals surface area contributed by atoms with Crippen LogP contribution in [0.3, 0.4) is 0 Å². The minimum absolute atomic E-state index is 0.192. The summed E-state index contributed by atoms with van der Waals surface area (Å²) >= 11 is 0. The number of fused-ring (bicyclic) bond motifs is 1. The zero-order chi connectivity index (χ0) is 24.5. The van der Waals surface area contributed by atoms with Crippen molar-refractivity contribution in [3.63, 3.8) is 0 Å². The number of ether oxygens (including phenoxy) is 2. The molecule has 1 atom stereocenters. The van der Waals surface area contributed by atoms with Crippen LogP contribution in [0.25, 0.3) is 0 Å². The minimum Gasteiger partial charge on any atom is -0.493 e. The lowest BCUT2D eigenvalue weighted by molar-refractivity contribution is -0.122. The summed E-state index contributed by atoms with van der Waals surface area (Å²) in [5, 5.41) is 2.83. The molecule has 0 spiro atoms. The van der Waals surface area contributed by atoms with Gasteiger partial charge in [0.25, 0.3) is 0 Å². The molecule has 1 fully saturated rings. The second kappa shape index (κ2) is 9.63. The van der Waals surface area contributed by atoms with Crippen LogP contribution in [-0.2, 0) is 26.0 Å². The molecule has 2 aromatic rings. The van der Waals surface area contributed by atoms with Crippen molar-refractivity contribution in [2.24, 2.45) is 0 Å². The van der Waals surface area contributed by atoms with Crippen LogP contribution in [0.15, 0.2) is 41.3 Å². The van der Waals surface area contributed by atoms with Crippen LogP contribution in [0.1, 0.15) is 31.7 Å². The van der Waals surface area contributed by atoms with E-state index in [1.54, 1.807) is 30.3 Å². The number of carbonyl (C=O) groups excluding carboxylic acids is 2. The lowest BCUT2D eigenvalue weighted by atomic mass is 10.1. The van der Waals surface area contributed by atoms with Gasteiger partial charge in [0.2, 0.25) is 21.8 Å². The van der Waals surface area contributed by atoms with E-state index in [1.165, 1.54) is 36.4 Å². The van der Waals surface area contributed by atoms with E-state index in [2.05, 4.69) is 5.32 Å². The van der Waals surface area contributed by atoms with Crippen molar-refractivity contribution >= 4 is 33.2 Å². The SMILES string of the molecule is COc1ccc(NC(=O)[C@H]2Cc3cc(S(=O)(=O)N4CCCCC4)ccc3N2C(C)=O)cc1OC. The summed E-state index contributed by atoms with van der Waals surface area (Å²) in [4.78, 5) is 27.3. The monoisotopic (exact) mass is 487 g/mol. The average Bonchev–Trinajstić information content (AvgIpc) is 3.24. The maximum atomic E-state index is 13.2. The Morgan fingerprint density at radius 1 is 0.971 bits per heavy atom. The topological polar surface area (TPSA) is 105 Å². The van der Waals surface area contributed by atoms with Crippen LogP contribution in [0.4, 0.5) is 11.4 Å². The van der Waals surface area contributed by atoms with Gasteiger partial charge < -0.3 is 14.8 Å². The van der Waals surface area contributed by atoms with Gasteiger partial charge in [-0.25, -0.2) is 8.42 Å². The number of nitrogens with one attached hydrogen (secondary N) is 1. The molecule has 182 valence electrons. The molecule has 0 aromatic heterocycles. The van der Waals surface area contributed by atoms with E-state index in [0.717, 1.165) is 19.3 Å². The first kappa shape index (κ1) is 24.0. The third-order valence-corrected chi connectivity index (χ3v) is 8.18. The largest absolute Gasteiger partial charge is 0.493 e. The first-order valence-corrected chi connectivity index (χ1v) is 12.7. The number of benzene rings is 2. The summed E-state index contributed by atoms with van der Waals surface area (Å²) in [5.41, 5.74) is 1.70. The first-order chi connectivity index (χ1) is 16.3. The molecule has 10 heteroatoms. The van der Waals surface area contributed by atoms with Crippen molar-refractivity contribution in [2.45, 2.75) is 43.5 Å². The standard InChI is InChI=1S/C24H29N3O6S/c1-16(28)27-20-9-8-19(34(30,31)26-11-5-4-6-12-26)13-17(20)14-21(27)24(29)25-18-7-10-22(32-2)23(15-18)33-3/h7-10,13,15,21H,4-6,11-12,14H2,1-3H3,(H,25,29)/t21-/m1/s1. The third kappa shape index (κ3) is 4.47. The number of carbonyl (C=O) groups is 2. The molecule has 4 rings (SSSR count). The van der Waals surface area contributed by atoms with Crippen molar-refractivity contribution < 1.29 is 27.5 Å². The summed E-state index contributed by atoms with van der Waals surface area (Å²) in [7, 11) is -0.590. The molecule has 2 aliphatic rings. The highest BCUT2D eigenvalue weighted by molar-refractivity contribution is 7.89. The Morgan fingerprint density at radius 2 is 1.68 bits per heavy atom. The van der Waals surface area contributed by atoms with Crippen LogP contribution in [0.2, 0.25) is 0 Å². The fourth-order valence-corrected chi connectivity index (χ4v) is 6.15. The Balaban J connectivity index is 1.59. The molecule has 2 heterocycles. The summed E-state index contributed by atoms with van der Waals surface area (Å²) in [6.45, 7) is 2.41. The van der Waals surface area contributed by atoms with Crippen LogP contribution < -0.4 is 19.7 Å². The fraction of sp³-hybridized carbons (Fsp3) is 0.417. The fourth-order valence-electron chi connectivity index (χ4n) is 4.58. The normalized spacial score (nSPS) is 18.3. The zero-order valence-corrected chi connectivity index (χ0v) is 20.4. The van der Waals surface area contributed by atoms with Crippen molar-refractivity contribution in [1.29, 1.82) is 0 Å². The summed E-state index contributed by atoms with van der Waals surface area (Å²) < 4.78 is 38.3. The summed E-state index contributed by atoms with van der Waals surface area (Å²) in [5.74, 6) is 0.324. The second-order valence-electron chi connectivity index (χ2n) is 8.42. The van der Waals surface area contributed by atoms with E-state index >= 15 is 0 Å². The number of rotatable bonds is 6. The number of amides is 2. The number of hydrogen-bond acceptors (Lipinski definition) is 6. The Labute approximate surface area is 199 Å². The Bertz CT molecular complexity index is 1210. The molecule has 1 saturated heterocycles. The maximum Gasteiger partial charge on any atom is 0.247 e. The quantitative estimate of drug-likeness (QED) is 0.672. The van der Waals surface area contributed by atoms with Gasteiger partial charge in [0.1, 0.15) is 6.04 Å². The van der Waals surface area contributed by atoms with Gasteiger partial charge in [0.15, 0.2) is 11.5 Å². The van der Waals surface area contributed by atoms with Gasteiger partial charge in [-0.15, -0.1) is 0 Å². The lowest BCUT2D eigenvalue weighted by Crippen LogP contribution is -2.44. The smallest absolute Gasteiger partial charge is 0.247 e. The average molecular weight is 488 g/mol. The van der Waals surface area contributed by atoms with Crippen LogP contribution in [-0.4, -0.2) is 57.9 Å². The number of nitrogens with zero attached hydrogens (tertiary/aromatic N) is 2. The molecular weight excluding hydrogens is 458 g/mol. The third-order valence-electron chi connectivity index (χ3n) is 6.28. The summed E-state index contributed by atoms with van der Waals surface area (Å²) in [6.07, 6.45) is 2.94. The van der Waals surface area contributed by atoms with Crippen LogP contribution in [0.5, 0.6) is 11.5 Å². The van der Waals surface area contributed by atoms with Gasteiger partial charge in [-0.3, -0.25) is 14.5 Å². The molecule has 34 heavy (non-hydrogen) atoms. The molecule has 2 aliphatic heterocycles. The highest BCUT2D eigenvalue weighted by Crippen LogP contribution is 2.36. The van der Waals surface area contributed by atoms with E-state index in [9.17, 15) is 18.0 Å². The van der Waals surface area contributed by atoms with E-state index < -0.39 is 16.1 Å². The molecule has 2 aromatic carbocycles. The zero-order valence-electron chi connectivity index (χ0n) is 19.5. The molecule has 0 unspecified atom stereocenters. The molecule has 0 radical (unpaired) electrons. The molecule has 2 amide bonds. The van der Waals surface area contributed by atoms with Crippen LogP contribution >= 0.6 is 0 Å². The van der Waals surface area contributed by atoms with Gasteiger partial charge in [-0.1, -0.05) is 6.42 Å². The van der Waals surface area contributed by atoms with Crippen molar-refractivity contribution in [3.05, 3.63) is 42.0 Å². The Kier molecular flexibility index (Phi) is 6.81. The van der Waals surface area contributed by atoms with Crippen molar-refractivity contribution in [3.8, 4) is 11.5 Å². The van der Waals surface area contributed by atoms with Crippen molar-refractivity contribution in [1.82, 2.24) is 4.31 Å². The van der Waals surface area contributed by atoms with Gasteiger partial charge in [0, 0.05) is 43.9 Å². The van der Waals surface area contributed by atoms with E-state index in [4.69, 9.17) is 9.47 Å². The van der Waals surface area contributed by atoms with E-state index in [0.29, 0.717) is 41.5 Å². The molecule has 0 saturated carbocycles. The first-order valence-electron chi connectivity index (χ1n) is 11.2. The van der Waals surface area contributed by atoms with Gasteiger partial charge in [-0.2, -0.15) is 4.31 Å². The number of anilines is 2. The number of hydrogen-bond donors (Lipinski definition) is 1. The highest BCUT2D eigenvalue weighted by Gasteiger charge is 2.38. The van der Waals surface area contributed by atoms with Gasteiger partial charge in [-0.05, 0) is 48.7 Å². The minimum atomic E-state index is -3.62. The number of methoxy groups -OCH3 is 2. The van der Waals surface area contributed by atoms with Gasteiger partial charge in [0.05, 0.1) is 19.1 Å². The Hall–Kier alpha value is -3.11. The lowest BCUT2D eigenvalue weighted by Gasteiger charge is -2.26. The Morgan fingerprint density at radius 3 is 2.32 bits per heavy atom.